The predicted octanol–water partition coefficient (Wildman–Crippen LogP) is 2.66. The normalized spacial score (nSPS) is 29.8. The van der Waals surface area contributed by atoms with E-state index in [0.29, 0.717) is 5.54 Å². The van der Waals surface area contributed by atoms with E-state index in [-0.39, 0.29) is 5.54 Å². The highest BCUT2D eigenvalue weighted by Crippen LogP contribution is 2.35. The van der Waals surface area contributed by atoms with Crippen LogP contribution in [0.2, 0.25) is 0 Å². The molecule has 1 saturated heterocycles. The van der Waals surface area contributed by atoms with E-state index < -0.39 is 0 Å². The molecule has 3 rings (SSSR count). The van der Waals surface area contributed by atoms with Crippen molar-refractivity contribution in [2.75, 3.05) is 19.6 Å². The van der Waals surface area contributed by atoms with Crippen molar-refractivity contribution in [1.82, 2.24) is 20.0 Å². The lowest BCUT2D eigenvalue weighted by Crippen LogP contribution is -2.69. The van der Waals surface area contributed by atoms with Crippen LogP contribution in [0.1, 0.15) is 52.4 Å². The highest BCUT2D eigenvalue weighted by molar-refractivity contribution is 5.04. The summed E-state index contributed by atoms with van der Waals surface area (Å²) < 4.78 is 2.06. The molecule has 1 aliphatic carbocycles. The first-order valence-electron chi connectivity index (χ1n) is 8.63. The molecule has 0 bridgehead atoms. The molecule has 1 N–H and O–H groups in total. The predicted molar refractivity (Wildman–Crippen MR) is 86.3 cm³/mol. The Morgan fingerprint density at radius 2 is 2.00 bits per heavy atom. The van der Waals surface area contributed by atoms with Crippen molar-refractivity contribution in [2.45, 2.75) is 70.0 Å². The van der Waals surface area contributed by atoms with Gasteiger partial charge in [0.25, 0.3) is 0 Å². The van der Waals surface area contributed by atoms with E-state index in [9.17, 15) is 0 Å². The molecule has 1 saturated carbocycles. The van der Waals surface area contributed by atoms with Crippen molar-refractivity contribution in [1.29, 1.82) is 0 Å². The summed E-state index contributed by atoms with van der Waals surface area (Å²) in [6, 6.07) is 2.01. The van der Waals surface area contributed by atoms with Gasteiger partial charge in [-0.1, -0.05) is 26.2 Å². The number of aromatic nitrogens is 2. The Hall–Kier alpha value is -0.870. The number of rotatable bonds is 4. The molecule has 4 nitrogen and oxygen atoms in total. The second kappa shape index (κ2) is 6.09. The topological polar surface area (TPSA) is 33.1 Å². The summed E-state index contributed by atoms with van der Waals surface area (Å²) in [5, 5.41) is 8.29. The average Bonchev–Trinajstić information content (AvgIpc) is 3.03. The van der Waals surface area contributed by atoms with Gasteiger partial charge in [-0.05, 0) is 32.3 Å². The van der Waals surface area contributed by atoms with Crippen molar-refractivity contribution >= 4 is 0 Å². The molecule has 0 amide bonds. The van der Waals surface area contributed by atoms with Crippen LogP contribution in [-0.2, 0) is 6.54 Å². The summed E-state index contributed by atoms with van der Waals surface area (Å²) in [7, 11) is 0. The van der Waals surface area contributed by atoms with E-state index in [1.807, 2.05) is 12.3 Å². The zero-order valence-corrected chi connectivity index (χ0v) is 13.6. The van der Waals surface area contributed by atoms with Crippen LogP contribution in [0.25, 0.3) is 0 Å². The highest BCUT2D eigenvalue weighted by atomic mass is 15.3. The lowest BCUT2D eigenvalue weighted by Gasteiger charge is -2.54. The Labute approximate surface area is 128 Å². The molecule has 2 heterocycles. The smallest absolute Gasteiger partial charge is 0.0536 e. The van der Waals surface area contributed by atoms with Gasteiger partial charge in [0.2, 0.25) is 0 Å². The Morgan fingerprint density at radius 3 is 2.67 bits per heavy atom. The van der Waals surface area contributed by atoms with Crippen LogP contribution >= 0.6 is 0 Å². The molecule has 2 fully saturated rings. The zero-order valence-electron chi connectivity index (χ0n) is 13.6. The molecule has 1 aromatic heterocycles. The number of hydrogen-bond acceptors (Lipinski definition) is 3. The van der Waals surface area contributed by atoms with Gasteiger partial charge in [-0.15, -0.1) is 0 Å². The molecule has 1 unspecified atom stereocenters. The van der Waals surface area contributed by atoms with E-state index in [0.717, 1.165) is 19.6 Å². The van der Waals surface area contributed by atoms with E-state index in [2.05, 4.69) is 40.0 Å². The van der Waals surface area contributed by atoms with Crippen LogP contribution < -0.4 is 5.32 Å². The lowest BCUT2D eigenvalue weighted by atomic mass is 9.77. The van der Waals surface area contributed by atoms with Gasteiger partial charge in [-0.2, -0.15) is 5.10 Å². The average molecular weight is 290 g/mol. The first-order valence-corrected chi connectivity index (χ1v) is 8.63. The van der Waals surface area contributed by atoms with Gasteiger partial charge in [0, 0.05) is 43.1 Å². The lowest BCUT2D eigenvalue weighted by molar-refractivity contribution is -0.00399. The van der Waals surface area contributed by atoms with E-state index in [1.54, 1.807) is 0 Å². The minimum Gasteiger partial charge on any atom is -0.308 e. The van der Waals surface area contributed by atoms with Gasteiger partial charge in [0.05, 0.1) is 6.54 Å². The van der Waals surface area contributed by atoms with Crippen LogP contribution in [0.15, 0.2) is 18.5 Å². The quantitative estimate of drug-likeness (QED) is 0.925. The molecule has 21 heavy (non-hydrogen) atoms. The standard InChI is InChI=1S/C17H30N4/c1-3-16(2)14-18-17(8-5-4-6-9-17)15-20(16)12-13-21-11-7-10-19-21/h7,10-11,18H,3-6,8-9,12-15H2,1-2H3. The number of nitrogens with zero attached hydrogens (tertiary/aromatic N) is 3. The van der Waals surface area contributed by atoms with Crippen LogP contribution in [0.5, 0.6) is 0 Å². The molecule has 0 aromatic carbocycles. The van der Waals surface area contributed by atoms with Gasteiger partial charge in [0.1, 0.15) is 0 Å². The number of nitrogens with one attached hydrogen (secondary N) is 1. The molecule has 2 aliphatic rings. The Bertz CT molecular complexity index is 436. The van der Waals surface area contributed by atoms with Crippen molar-refractivity contribution < 1.29 is 0 Å². The highest BCUT2D eigenvalue weighted by Gasteiger charge is 2.44. The van der Waals surface area contributed by atoms with Crippen LogP contribution in [-0.4, -0.2) is 45.4 Å². The van der Waals surface area contributed by atoms with E-state index >= 15 is 0 Å². The minimum atomic E-state index is 0.288. The first kappa shape index (κ1) is 15.0. The summed E-state index contributed by atoms with van der Waals surface area (Å²) >= 11 is 0. The largest absolute Gasteiger partial charge is 0.308 e. The summed E-state index contributed by atoms with van der Waals surface area (Å²) in [6.45, 7) is 9.18. The fraction of sp³-hybridized carbons (Fsp3) is 0.824. The summed E-state index contributed by atoms with van der Waals surface area (Å²) in [5.74, 6) is 0. The fourth-order valence-electron chi connectivity index (χ4n) is 4.02. The Balaban J connectivity index is 1.69. The summed E-state index contributed by atoms with van der Waals surface area (Å²) in [5.41, 5.74) is 0.674. The Morgan fingerprint density at radius 1 is 1.19 bits per heavy atom. The van der Waals surface area contributed by atoms with Crippen molar-refractivity contribution in [2.24, 2.45) is 0 Å². The number of hydrogen-bond donors (Lipinski definition) is 1. The fourth-order valence-corrected chi connectivity index (χ4v) is 4.02. The van der Waals surface area contributed by atoms with Gasteiger partial charge < -0.3 is 5.32 Å². The van der Waals surface area contributed by atoms with Crippen molar-refractivity contribution in [3.63, 3.8) is 0 Å². The third kappa shape index (κ3) is 3.16. The van der Waals surface area contributed by atoms with Crippen LogP contribution in [0.4, 0.5) is 0 Å². The maximum atomic E-state index is 4.35. The third-order valence-corrected chi connectivity index (χ3v) is 5.83. The van der Waals surface area contributed by atoms with Gasteiger partial charge >= 0.3 is 0 Å². The Kier molecular flexibility index (Phi) is 4.36. The summed E-state index contributed by atoms with van der Waals surface area (Å²) in [4.78, 5) is 2.73. The number of piperazine rings is 1. The molecular weight excluding hydrogens is 260 g/mol. The molecule has 1 aromatic rings. The molecule has 1 spiro atoms. The SMILES string of the molecule is CCC1(C)CNC2(CCCCC2)CN1CCn1cccn1. The van der Waals surface area contributed by atoms with E-state index in [1.165, 1.54) is 45.1 Å². The molecule has 0 radical (unpaired) electrons. The third-order valence-electron chi connectivity index (χ3n) is 5.83. The van der Waals surface area contributed by atoms with E-state index in [4.69, 9.17) is 0 Å². The molecule has 118 valence electrons. The van der Waals surface area contributed by atoms with Gasteiger partial charge in [-0.25, -0.2) is 0 Å². The zero-order chi connectivity index (χ0) is 14.8. The maximum absolute atomic E-state index is 4.35. The van der Waals surface area contributed by atoms with Crippen LogP contribution in [0.3, 0.4) is 0 Å². The van der Waals surface area contributed by atoms with Crippen LogP contribution in [0, 0.1) is 0 Å². The van der Waals surface area contributed by atoms with Crippen molar-refractivity contribution in [3.8, 4) is 0 Å². The molecule has 1 atom stereocenters. The monoisotopic (exact) mass is 290 g/mol. The molecular formula is C17H30N4. The molecule has 1 aliphatic heterocycles. The second-order valence-corrected chi connectivity index (χ2v) is 7.24. The maximum Gasteiger partial charge on any atom is 0.0536 e. The minimum absolute atomic E-state index is 0.288. The summed E-state index contributed by atoms with van der Waals surface area (Å²) in [6.07, 6.45) is 12.1. The molecule has 4 heteroatoms. The second-order valence-electron chi connectivity index (χ2n) is 7.24. The van der Waals surface area contributed by atoms with Gasteiger partial charge in [-0.3, -0.25) is 9.58 Å². The first-order chi connectivity index (χ1) is 10.2. The van der Waals surface area contributed by atoms with Crippen molar-refractivity contribution in [3.05, 3.63) is 18.5 Å². The van der Waals surface area contributed by atoms with Gasteiger partial charge in [0.15, 0.2) is 0 Å².